The SMILES string of the molecule is CCOC(=O)c1cccc2c1CNCC2. The molecule has 2 rings (SSSR count). The second-order valence-electron chi connectivity index (χ2n) is 3.59. The number of hydrogen-bond acceptors (Lipinski definition) is 3. The van der Waals surface area contributed by atoms with E-state index in [1.54, 1.807) is 0 Å². The van der Waals surface area contributed by atoms with Crippen LogP contribution in [0.4, 0.5) is 0 Å². The van der Waals surface area contributed by atoms with Crippen LogP contribution in [0.3, 0.4) is 0 Å². The Morgan fingerprint density at radius 2 is 2.40 bits per heavy atom. The van der Waals surface area contributed by atoms with E-state index in [0.717, 1.165) is 25.1 Å². The van der Waals surface area contributed by atoms with Crippen LogP contribution in [0.5, 0.6) is 0 Å². The average molecular weight is 205 g/mol. The highest BCUT2D eigenvalue weighted by Gasteiger charge is 2.17. The van der Waals surface area contributed by atoms with E-state index in [1.807, 2.05) is 19.1 Å². The van der Waals surface area contributed by atoms with Crippen molar-refractivity contribution in [3.63, 3.8) is 0 Å². The lowest BCUT2D eigenvalue weighted by Crippen LogP contribution is -2.26. The summed E-state index contributed by atoms with van der Waals surface area (Å²) >= 11 is 0. The van der Waals surface area contributed by atoms with Crippen molar-refractivity contribution in [1.29, 1.82) is 0 Å². The summed E-state index contributed by atoms with van der Waals surface area (Å²) in [5, 5.41) is 3.27. The minimum Gasteiger partial charge on any atom is -0.462 e. The lowest BCUT2D eigenvalue weighted by Gasteiger charge is -2.19. The Morgan fingerprint density at radius 3 is 3.20 bits per heavy atom. The fraction of sp³-hybridized carbons (Fsp3) is 0.417. The minimum atomic E-state index is -0.210. The van der Waals surface area contributed by atoms with Gasteiger partial charge in [-0.05, 0) is 37.1 Å². The van der Waals surface area contributed by atoms with Crippen LogP contribution in [-0.2, 0) is 17.7 Å². The first-order valence-electron chi connectivity index (χ1n) is 5.31. The van der Waals surface area contributed by atoms with Gasteiger partial charge in [-0.25, -0.2) is 4.79 Å². The van der Waals surface area contributed by atoms with Crippen LogP contribution in [0, 0.1) is 0 Å². The first kappa shape index (κ1) is 10.2. The zero-order valence-corrected chi connectivity index (χ0v) is 8.88. The van der Waals surface area contributed by atoms with Gasteiger partial charge in [-0.1, -0.05) is 12.1 Å². The van der Waals surface area contributed by atoms with Crippen LogP contribution in [0.1, 0.15) is 28.4 Å². The summed E-state index contributed by atoms with van der Waals surface area (Å²) in [6.45, 7) is 4.01. The van der Waals surface area contributed by atoms with Gasteiger partial charge in [0.15, 0.2) is 0 Å². The third-order valence-corrected chi connectivity index (χ3v) is 2.64. The maximum absolute atomic E-state index is 11.7. The Kier molecular flexibility index (Phi) is 3.02. The Morgan fingerprint density at radius 1 is 1.53 bits per heavy atom. The number of fused-ring (bicyclic) bond motifs is 1. The molecule has 1 aromatic rings. The van der Waals surface area contributed by atoms with E-state index < -0.39 is 0 Å². The first-order valence-corrected chi connectivity index (χ1v) is 5.31. The molecule has 0 spiro atoms. The number of nitrogens with one attached hydrogen (secondary N) is 1. The Bertz CT molecular complexity index is 374. The predicted molar refractivity (Wildman–Crippen MR) is 57.8 cm³/mol. The molecule has 0 aromatic heterocycles. The molecule has 0 fully saturated rings. The van der Waals surface area contributed by atoms with Crippen molar-refractivity contribution in [3.8, 4) is 0 Å². The van der Waals surface area contributed by atoms with Gasteiger partial charge in [-0.2, -0.15) is 0 Å². The highest BCUT2D eigenvalue weighted by atomic mass is 16.5. The molecular weight excluding hydrogens is 190 g/mol. The predicted octanol–water partition coefficient (Wildman–Crippen LogP) is 1.51. The number of hydrogen-bond donors (Lipinski definition) is 1. The van der Waals surface area contributed by atoms with Gasteiger partial charge >= 0.3 is 5.97 Å². The molecule has 0 aliphatic carbocycles. The van der Waals surface area contributed by atoms with E-state index in [0.29, 0.717) is 12.2 Å². The second-order valence-corrected chi connectivity index (χ2v) is 3.59. The number of carbonyl (C=O) groups is 1. The second kappa shape index (κ2) is 4.45. The van der Waals surface area contributed by atoms with Crippen molar-refractivity contribution in [3.05, 3.63) is 34.9 Å². The van der Waals surface area contributed by atoms with E-state index in [9.17, 15) is 4.79 Å². The normalized spacial score (nSPS) is 14.5. The highest BCUT2D eigenvalue weighted by molar-refractivity contribution is 5.91. The molecular formula is C12H15NO2. The van der Waals surface area contributed by atoms with E-state index in [-0.39, 0.29) is 5.97 Å². The number of benzene rings is 1. The lowest BCUT2D eigenvalue weighted by atomic mass is 9.96. The Hall–Kier alpha value is -1.35. The van der Waals surface area contributed by atoms with Crippen molar-refractivity contribution in [2.45, 2.75) is 19.9 Å². The largest absolute Gasteiger partial charge is 0.462 e. The van der Waals surface area contributed by atoms with Gasteiger partial charge in [0, 0.05) is 6.54 Å². The quantitative estimate of drug-likeness (QED) is 0.744. The number of esters is 1. The summed E-state index contributed by atoms with van der Waals surface area (Å²) in [4.78, 5) is 11.7. The van der Waals surface area contributed by atoms with Crippen molar-refractivity contribution in [1.82, 2.24) is 5.32 Å². The van der Waals surface area contributed by atoms with Crippen LogP contribution >= 0.6 is 0 Å². The van der Waals surface area contributed by atoms with E-state index in [2.05, 4.69) is 11.4 Å². The Labute approximate surface area is 89.4 Å². The van der Waals surface area contributed by atoms with E-state index in [4.69, 9.17) is 4.74 Å². The number of ether oxygens (including phenoxy) is 1. The molecule has 3 nitrogen and oxygen atoms in total. The van der Waals surface area contributed by atoms with Gasteiger partial charge < -0.3 is 10.1 Å². The summed E-state index contributed by atoms with van der Waals surface area (Å²) < 4.78 is 5.03. The molecule has 80 valence electrons. The summed E-state index contributed by atoms with van der Waals surface area (Å²) in [7, 11) is 0. The van der Waals surface area contributed by atoms with Gasteiger partial charge in [0.2, 0.25) is 0 Å². The van der Waals surface area contributed by atoms with Crippen molar-refractivity contribution < 1.29 is 9.53 Å². The van der Waals surface area contributed by atoms with Crippen molar-refractivity contribution in [2.24, 2.45) is 0 Å². The molecule has 0 saturated carbocycles. The molecule has 0 saturated heterocycles. The first-order chi connectivity index (χ1) is 7.33. The van der Waals surface area contributed by atoms with Crippen LogP contribution in [-0.4, -0.2) is 19.1 Å². The number of carbonyl (C=O) groups excluding carboxylic acids is 1. The van der Waals surface area contributed by atoms with Crippen molar-refractivity contribution in [2.75, 3.05) is 13.2 Å². The lowest BCUT2D eigenvalue weighted by molar-refractivity contribution is 0.0524. The van der Waals surface area contributed by atoms with Gasteiger partial charge in [0.05, 0.1) is 12.2 Å². The van der Waals surface area contributed by atoms with E-state index in [1.165, 1.54) is 5.56 Å². The van der Waals surface area contributed by atoms with Gasteiger partial charge in [-0.3, -0.25) is 0 Å². The maximum Gasteiger partial charge on any atom is 0.338 e. The zero-order valence-electron chi connectivity index (χ0n) is 8.88. The maximum atomic E-state index is 11.7. The third-order valence-electron chi connectivity index (χ3n) is 2.64. The smallest absolute Gasteiger partial charge is 0.338 e. The Balaban J connectivity index is 2.34. The van der Waals surface area contributed by atoms with Crippen LogP contribution in [0.25, 0.3) is 0 Å². The van der Waals surface area contributed by atoms with E-state index >= 15 is 0 Å². The third kappa shape index (κ3) is 2.02. The van der Waals surface area contributed by atoms with Crippen LogP contribution in [0.15, 0.2) is 18.2 Å². The minimum absolute atomic E-state index is 0.210. The fourth-order valence-corrected chi connectivity index (χ4v) is 1.91. The molecule has 1 aliphatic heterocycles. The molecule has 0 amide bonds. The number of rotatable bonds is 2. The molecule has 1 aliphatic rings. The molecule has 1 N–H and O–H groups in total. The molecule has 3 heteroatoms. The van der Waals surface area contributed by atoms with Gasteiger partial charge in [0.25, 0.3) is 0 Å². The average Bonchev–Trinajstić information content (AvgIpc) is 2.28. The van der Waals surface area contributed by atoms with Crippen LogP contribution < -0.4 is 5.32 Å². The van der Waals surface area contributed by atoms with Crippen molar-refractivity contribution >= 4 is 5.97 Å². The fourth-order valence-electron chi connectivity index (χ4n) is 1.91. The summed E-state index contributed by atoms with van der Waals surface area (Å²) in [5.74, 6) is -0.210. The molecule has 0 radical (unpaired) electrons. The molecule has 0 atom stereocenters. The molecule has 1 heterocycles. The van der Waals surface area contributed by atoms with Gasteiger partial charge in [-0.15, -0.1) is 0 Å². The summed E-state index contributed by atoms with van der Waals surface area (Å²) in [5.41, 5.74) is 3.07. The summed E-state index contributed by atoms with van der Waals surface area (Å²) in [6.07, 6.45) is 0.989. The molecule has 0 bridgehead atoms. The van der Waals surface area contributed by atoms with Crippen LogP contribution in [0.2, 0.25) is 0 Å². The molecule has 1 aromatic carbocycles. The zero-order chi connectivity index (χ0) is 10.7. The topological polar surface area (TPSA) is 38.3 Å². The standard InChI is InChI=1S/C12H15NO2/c1-2-15-12(14)10-5-3-4-9-6-7-13-8-11(9)10/h3-5,13H,2,6-8H2,1H3. The highest BCUT2D eigenvalue weighted by Crippen LogP contribution is 2.19. The molecule has 0 unspecified atom stereocenters. The monoisotopic (exact) mass is 205 g/mol. The summed E-state index contributed by atoms with van der Waals surface area (Å²) in [6, 6.07) is 5.85. The molecule has 15 heavy (non-hydrogen) atoms. The van der Waals surface area contributed by atoms with Gasteiger partial charge in [0.1, 0.15) is 0 Å².